The third-order valence-corrected chi connectivity index (χ3v) is 4.76. The van der Waals surface area contributed by atoms with Crippen LogP contribution in [0.15, 0.2) is 54.6 Å². The molecule has 1 N–H and O–H groups in total. The van der Waals surface area contributed by atoms with Crippen LogP contribution in [0, 0.1) is 0 Å². The summed E-state index contributed by atoms with van der Waals surface area (Å²) in [5.41, 5.74) is 2.10. The Labute approximate surface area is 170 Å². The summed E-state index contributed by atoms with van der Waals surface area (Å²) in [6, 6.07) is 15.8. The van der Waals surface area contributed by atoms with Crippen molar-refractivity contribution in [2.24, 2.45) is 0 Å². The number of hydrogen-bond donors (Lipinski definition) is 1. The Kier molecular flexibility index (Phi) is 6.65. The maximum atomic E-state index is 12.8. The molecule has 3 rings (SSSR count). The van der Waals surface area contributed by atoms with Gasteiger partial charge in [0.2, 0.25) is 5.91 Å². The molecule has 6 nitrogen and oxygen atoms in total. The Morgan fingerprint density at radius 1 is 1.07 bits per heavy atom. The van der Waals surface area contributed by atoms with Gasteiger partial charge in [-0.1, -0.05) is 30.3 Å². The molecule has 1 heterocycles. The maximum Gasteiger partial charge on any atom is 0.308 e. The van der Waals surface area contributed by atoms with Crippen molar-refractivity contribution in [3.63, 3.8) is 0 Å². The van der Waals surface area contributed by atoms with Gasteiger partial charge in [-0.25, -0.2) is 0 Å². The zero-order valence-electron chi connectivity index (χ0n) is 16.8. The minimum atomic E-state index is -0.491. The number of anilines is 1. The van der Waals surface area contributed by atoms with Gasteiger partial charge < -0.3 is 15.0 Å². The molecular formula is C23H26N2O4. The molecule has 6 heteroatoms. The largest absolute Gasteiger partial charge is 0.463 e. The summed E-state index contributed by atoms with van der Waals surface area (Å²) in [7, 11) is 0. The average Bonchev–Trinajstić information content (AvgIpc) is 3.13. The van der Waals surface area contributed by atoms with E-state index in [-0.39, 0.29) is 30.3 Å². The van der Waals surface area contributed by atoms with Crippen LogP contribution in [0.1, 0.15) is 55.1 Å². The molecule has 1 aliphatic heterocycles. The molecule has 29 heavy (non-hydrogen) atoms. The van der Waals surface area contributed by atoms with E-state index in [2.05, 4.69) is 5.32 Å². The van der Waals surface area contributed by atoms with Crippen LogP contribution in [0.2, 0.25) is 0 Å². The Morgan fingerprint density at radius 3 is 2.34 bits per heavy atom. The smallest absolute Gasteiger partial charge is 0.308 e. The van der Waals surface area contributed by atoms with E-state index in [1.54, 1.807) is 43.0 Å². The molecule has 1 saturated heterocycles. The van der Waals surface area contributed by atoms with Crippen molar-refractivity contribution in [1.29, 1.82) is 0 Å². The maximum absolute atomic E-state index is 12.8. The van der Waals surface area contributed by atoms with E-state index in [0.29, 0.717) is 18.5 Å². The quantitative estimate of drug-likeness (QED) is 0.728. The number of carbonyl (C=O) groups excluding carboxylic acids is 3. The molecule has 0 spiro atoms. The van der Waals surface area contributed by atoms with Crippen molar-refractivity contribution in [3.05, 3.63) is 65.7 Å². The molecule has 1 aliphatic rings. The van der Waals surface area contributed by atoms with E-state index >= 15 is 0 Å². The third kappa shape index (κ3) is 5.44. The van der Waals surface area contributed by atoms with Gasteiger partial charge >= 0.3 is 5.97 Å². The second-order valence-electron chi connectivity index (χ2n) is 7.38. The number of nitrogens with one attached hydrogen (secondary N) is 1. The molecule has 152 valence electrons. The molecular weight excluding hydrogens is 368 g/mol. The van der Waals surface area contributed by atoms with Gasteiger partial charge in [-0.15, -0.1) is 0 Å². The van der Waals surface area contributed by atoms with Crippen LogP contribution in [-0.2, 0) is 14.3 Å². The highest BCUT2D eigenvalue weighted by Gasteiger charge is 2.23. The first-order valence-electron chi connectivity index (χ1n) is 9.90. The molecule has 2 aromatic carbocycles. The molecule has 1 atom stereocenters. The number of esters is 1. The first kappa shape index (κ1) is 20.6. The van der Waals surface area contributed by atoms with E-state index < -0.39 is 6.04 Å². The number of benzene rings is 2. The van der Waals surface area contributed by atoms with E-state index in [1.165, 1.54) is 0 Å². The lowest BCUT2D eigenvalue weighted by molar-refractivity contribution is -0.148. The van der Waals surface area contributed by atoms with Crippen molar-refractivity contribution >= 4 is 23.5 Å². The number of nitrogens with zero attached hydrogens (tertiary/aromatic N) is 1. The Morgan fingerprint density at radius 2 is 1.76 bits per heavy atom. The summed E-state index contributed by atoms with van der Waals surface area (Å²) >= 11 is 0. The molecule has 2 amide bonds. The van der Waals surface area contributed by atoms with Gasteiger partial charge in [0, 0.05) is 24.2 Å². The minimum absolute atomic E-state index is 0.0499. The number of rotatable bonds is 7. The summed E-state index contributed by atoms with van der Waals surface area (Å²) in [4.78, 5) is 38.6. The van der Waals surface area contributed by atoms with Crippen LogP contribution in [-0.4, -0.2) is 30.4 Å². The van der Waals surface area contributed by atoms with E-state index in [1.807, 2.05) is 30.3 Å². The Balaban J connectivity index is 1.72. The Bertz CT molecular complexity index is 862. The van der Waals surface area contributed by atoms with Gasteiger partial charge in [0.1, 0.15) is 0 Å². The fraction of sp³-hybridized carbons (Fsp3) is 0.348. The zero-order valence-corrected chi connectivity index (χ0v) is 16.8. The first-order valence-corrected chi connectivity index (χ1v) is 9.90. The predicted molar refractivity (Wildman–Crippen MR) is 111 cm³/mol. The van der Waals surface area contributed by atoms with Crippen LogP contribution >= 0.6 is 0 Å². The van der Waals surface area contributed by atoms with Crippen molar-refractivity contribution in [1.82, 2.24) is 5.32 Å². The molecule has 2 aromatic rings. The standard InChI is InChI=1S/C23H26N2O4/c1-16(2)29-22(27)15-20(17-7-4-3-5-8-17)24-23(28)18-10-12-19(13-11-18)25-14-6-9-21(25)26/h3-5,7-8,10-13,16,20H,6,9,14-15H2,1-2H3,(H,24,28)/t20-/m0/s1. The van der Waals surface area contributed by atoms with Gasteiger partial charge in [-0.2, -0.15) is 0 Å². The van der Waals surface area contributed by atoms with Crippen molar-refractivity contribution in [2.75, 3.05) is 11.4 Å². The lowest BCUT2D eigenvalue weighted by Crippen LogP contribution is -2.31. The van der Waals surface area contributed by atoms with Crippen LogP contribution in [0.5, 0.6) is 0 Å². The highest BCUT2D eigenvalue weighted by atomic mass is 16.5. The highest BCUT2D eigenvalue weighted by Crippen LogP contribution is 2.23. The van der Waals surface area contributed by atoms with Crippen molar-refractivity contribution in [2.45, 2.75) is 45.3 Å². The van der Waals surface area contributed by atoms with Crippen LogP contribution in [0.4, 0.5) is 5.69 Å². The topological polar surface area (TPSA) is 75.7 Å². The van der Waals surface area contributed by atoms with Gasteiger partial charge in [0.15, 0.2) is 0 Å². The second-order valence-corrected chi connectivity index (χ2v) is 7.38. The summed E-state index contributed by atoms with van der Waals surface area (Å²) in [5.74, 6) is -0.539. The van der Waals surface area contributed by atoms with E-state index in [0.717, 1.165) is 17.7 Å². The summed E-state index contributed by atoms with van der Waals surface area (Å²) < 4.78 is 5.24. The molecule has 0 radical (unpaired) electrons. The summed E-state index contributed by atoms with van der Waals surface area (Å²) in [6.45, 7) is 4.29. The molecule has 1 fully saturated rings. The van der Waals surface area contributed by atoms with Gasteiger partial charge in [-0.3, -0.25) is 14.4 Å². The van der Waals surface area contributed by atoms with Crippen molar-refractivity contribution in [3.8, 4) is 0 Å². The fourth-order valence-electron chi connectivity index (χ4n) is 3.37. The van der Waals surface area contributed by atoms with Crippen molar-refractivity contribution < 1.29 is 19.1 Å². The van der Waals surface area contributed by atoms with Crippen LogP contribution in [0.3, 0.4) is 0 Å². The molecule has 0 aromatic heterocycles. The minimum Gasteiger partial charge on any atom is -0.463 e. The number of amides is 2. The van der Waals surface area contributed by atoms with Gasteiger partial charge in [0.05, 0.1) is 18.6 Å². The van der Waals surface area contributed by atoms with Gasteiger partial charge in [-0.05, 0) is 50.1 Å². The number of carbonyl (C=O) groups is 3. The zero-order chi connectivity index (χ0) is 20.8. The van der Waals surface area contributed by atoms with E-state index in [4.69, 9.17) is 4.74 Å². The van der Waals surface area contributed by atoms with Crippen LogP contribution in [0.25, 0.3) is 0 Å². The molecule has 0 bridgehead atoms. The molecule has 0 aliphatic carbocycles. The Hall–Kier alpha value is -3.15. The SMILES string of the molecule is CC(C)OC(=O)C[C@H](NC(=O)c1ccc(N2CCCC2=O)cc1)c1ccccc1. The molecule has 0 saturated carbocycles. The number of hydrogen-bond acceptors (Lipinski definition) is 4. The normalized spacial score (nSPS) is 14.7. The average molecular weight is 394 g/mol. The second kappa shape index (κ2) is 9.37. The summed E-state index contributed by atoms with van der Waals surface area (Å²) in [6.07, 6.45) is 1.25. The summed E-state index contributed by atoms with van der Waals surface area (Å²) in [5, 5.41) is 2.93. The van der Waals surface area contributed by atoms with E-state index in [9.17, 15) is 14.4 Å². The van der Waals surface area contributed by atoms with Crippen LogP contribution < -0.4 is 10.2 Å². The van der Waals surface area contributed by atoms with Gasteiger partial charge in [0.25, 0.3) is 5.91 Å². The fourth-order valence-corrected chi connectivity index (χ4v) is 3.37. The lowest BCUT2D eigenvalue weighted by atomic mass is 10.0. The predicted octanol–water partition coefficient (Wildman–Crippen LogP) is 3.63. The third-order valence-electron chi connectivity index (χ3n) is 4.76. The lowest BCUT2D eigenvalue weighted by Gasteiger charge is -2.20. The number of ether oxygens (including phenoxy) is 1. The molecule has 0 unspecified atom stereocenters. The highest BCUT2D eigenvalue weighted by molar-refractivity contribution is 5.97. The monoisotopic (exact) mass is 394 g/mol. The first-order chi connectivity index (χ1) is 13.9.